The number of thioether (sulfide) groups is 1. The van der Waals surface area contributed by atoms with Crippen LogP contribution in [0.25, 0.3) is 0 Å². The summed E-state index contributed by atoms with van der Waals surface area (Å²) < 4.78 is 10.2. The van der Waals surface area contributed by atoms with Crippen LogP contribution in [0.15, 0.2) is 16.5 Å². The zero-order valence-electron chi connectivity index (χ0n) is 11.5. The predicted octanol–water partition coefficient (Wildman–Crippen LogP) is 1.84. The summed E-state index contributed by atoms with van der Waals surface area (Å²) in [6, 6.07) is 3.72. The first-order valence-corrected chi connectivity index (χ1v) is 7.21. The zero-order chi connectivity index (χ0) is 14.3. The van der Waals surface area contributed by atoms with Gasteiger partial charge < -0.3 is 14.1 Å². The number of rotatable bonds is 7. The van der Waals surface area contributed by atoms with Crippen LogP contribution in [0, 0.1) is 6.92 Å². The molecule has 0 saturated carbocycles. The topological polar surface area (TPSA) is 59.8 Å². The van der Waals surface area contributed by atoms with Gasteiger partial charge in [-0.15, -0.1) is 11.8 Å². The Labute approximate surface area is 117 Å². The van der Waals surface area contributed by atoms with Crippen molar-refractivity contribution < 1.29 is 18.7 Å². The van der Waals surface area contributed by atoms with Crippen LogP contribution in [0.1, 0.15) is 18.4 Å². The maximum absolute atomic E-state index is 11.8. The molecule has 0 atom stereocenters. The number of ether oxygens (including phenoxy) is 1. The average Bonchev–Trinajstić information content (AvgIpc) is 2.75. The van der Waals surface area contributed by atoms with Crippen LogP contribution in [0.5, 0.6) is 0 Å². The molecule has 0 aromatic carbocycles. The van der Waals surface area contributed by atoms with Crippen LogP contribution in [0.2, 0.25) is 0 Å². The third-order valence-corrected chi connectivity index (χ3v) is 3.26. The average molecular weight is 285 g/mol. The van der Waals surface area contributed by atoms with Gasteiger partial charge in [-0.05, 0) is 26.0 Å². The molecule has 0 aliphatic heterocycles. The molecule has 0 spiro atoms. The van der Waals surface area contributed by atoms with Gasteiger partial charge in [0.15, 0.2) is 0 Å². The van der Waals surface area contributed by atoms with E-state index in [1.165, 1.54) is 11.8 Å². The van der Waals surface area contributed by atoms with E-state index in [2.05, 4.69) is 0 Å². The summed E-state index contributed by atoms with van der Waals surface area (Å²) in [5, 5.41) is 0. The molecule has 1 aromatic rings. The Balaban J connectivity index is 2.27. The minimum Gasteiger partial charge on any atom is -0.465 e. The van der Waals surface area contributed by atoms with E-state index in [-0.39, 0.29) is 23.4 Å². The Morgan fingerprint density at radius 3 is 2.68 bits per heavy atom. The summed E-state index contributed by atoms with van der Waals surface area (Å²) in [7, 11) is 1.71. The van der Waals surface area contributed by atoms with Crippen LogP contribution in [0.3, 0.4) is 0 Å². The lowest BCUT2D eigenvalue weighted by molar-refractivity contribution is -0.139. The molecule has 1 amide bonds. The van der Waals surface area contributed by atoms with Gasteiger partial charge in [0.2, 0.25) is 5.91 Å². The van der Waals surface area contributed by atoms with Crippen LogP contribution >= 0.6 is 11.8 Å². The normalized spacial score (nSPS) is 10.3. The van der Waals surface area contributed by atoms with Crippen molar-refractivity contribution in [2.75, 3.05) is 25.2 Å². The summed E-state index contributed by atoms with van der Waals surface area (Å²) in [6.45, 7) is 4.42. The molecule has 0 fully saturated rings. The van der Waals surface area contributed by atoms with Crippen molar-refractivity contribution in [3.8, 4) is 0 Å². The summed E-state index contributed by atoms with van der Waals surface area (Å²) in [6.07, 6.45) is 0. The van der Waals surface area contributed by atoms with E-state index in [9.17, 15) is 9.59 Å². The molecule has 1 aromatic heterocycles. The second-order valence-electron chi connectivity index (χ2n) is 4.06. The van der Waals surface area contributed by atoms with Gasteiger partial charge in [-0.2, -0.15) is 0 Å². The second-order valence-corrected chi connectivity index (χ2v) is 5.05. The Kier molecular flexibility index (Phi) is 6.49. The molecular weight excluding hydrogens is 266 g/mol. The number of furan rings is 1. The smallest absolute Gasteiger partial charge is 0.315 e. The lowest BCUT2D eigenvalue weighted by atomic mass is 10.4. The molecule has 0 bridgehead atoms. The molecule has 0 aliphatic rings. The number of esters is 1. The monoisotopic (exact) mass is 285 g/mol. The highest BCUT2D eigenvalue weighted by Crippen LogP contribution is 2.10. The quantitative estimate of drug-likeness (QED) is 0.715. The number of aryl methyl sites for hydroxylation is 1. The summed E-state index contributed by atoms with van der Waals surface area (Å²) in [4.78, 5) is 24.5. The lowest BCUT2D eigenvalue weighted by Gasteiger charge is -2.15. The van der Waals surface area contributed by atoms with Crippen molar-refractivity contribution in [3.63, 3.8) is 0 Å². The summed E-state index contributed by atoms with van der Waals surface area (Å²) in [5.41, 5.74) is 0. The fraction of sp³-hybridized carbons (Fsp3) is 0.538. The Morgan fingerprint density at radius 2 is 2.11 bits per heavy atom. The summed E-state index contributed by atoms with van der Waals surface area (Å²) in [5.74, 6) is 1.71. The van der Waals surface area contributed by atoms with Crippen LogP contribution < -0.4 is 0 Å². The number of hydrogen-bond acceptors (Lipinski definition) is 5. The fourth-order valence-electron chi connectivity index (χ4n) is 1.43. The zero-order valence-corrected chi connectivity index (χ0v) is 12.3. The molecule has 0 unspecified atom stereocenters. The molecule has 0 saturated heterocycles. The lowest BCUT2D eigenvalue weighted by Crippen LogP contribution is -2.28. The number of nitrogens with zero attached hydrogens (tertiary/aromatic N) is 1. The molecule has 0 aliphatic carbocycles. The molecule has 0 radical (unpaired) electrons. The Bertz CT molecular complexity index is 430. The van der Waals surface area contributed by atoms with Crippen LogP contribution in [-0.4, -0.2) is 41.9 Å². The van der Waals surface area contributed by atoms with Gasteiger partial charge in [-0.25, -0.2) is 0 Å². The van der Waals surface area contributed by atoms with Gasteiger partial charge in [0, 0.05) is 7.05 Å². The van der Waals surface area contributed by atoms with Crippen molar-refractivity contribution in [1.29, 1.82) is 0 Å². The first kappa shape index (κ1) is 15.6. The van der Waals surface area contributed by atoms with Gasteiger partial charge in [0.1, 0.15) is 11.5 Å². The maximum Gasteiger partial charge on any atom is 0.315 e. The van der Waals surface area contributed by atoms with Crippen molar-refractivity contribution in [2.24, 2.45) is 0 Å². The standard InChI is InChI=1S/C13H19NO4S/c1-4-17-13(16)9-19-8-12(15)14(3)7-11-6-5-10(2)18-11/h5-6H,4,7-9H2,1-3H3. The number of hydrogen-bond donors (Lipinski definition) is 0. The van der Waals surface area contributed by atoms with Crippen molar-refractivity contribution >= 4 is 23.6 Å². The van der Waals surface area contributed by atoms with Crippen LogP contribution in [0.4, 0.5) is 0 Å². The van der Waals surface area contributed by atoms with E-state index in [0.29, 0.717) is 13.2 Å². The van der Waals surface area contributed by atoms with E-state index in [1.807, 2.05) is 19.1 Å². The van der Waals surface area contributed by atoms with Gasteiger partial charge in [0.05, 0.1) is 24.7 Å². The third-order valence-electron chi connectivity index (χ3n) is 2.37. The molecule has 106 valence electrons. The highest BCUT2D eigenvalue weighted by atomic mass is 32.2. The molecule has 0 N–H and O–H groups in total. The van der Waals surface area contributed by atoms with E-state index in [4.69, 9.17) is 9.15 Å². The minimum atomic E-state index is -0.287. The third kappa shape index (κ3) is 5.83. The predicted molar refractivity (Wildman–Crippen MR) is 73.9 cm³/mol. The van der Waals surface area contributed by atoms with Gasteiger partial charge in [-0.3, -0.25) is 9.59 Å². The van der Waals surface area contributed by atoms with E-state index in [1.54, 1.807) is 18.9 Å². The van der Waals surface area contributed by atoms with Crippen molar-refractivity contribution in [3.05, 3.63) is 23.7 Å². The van der Waals surface area contributed by atoms with Gasteiger partial charge >= 0.3 is 5.97 Å². The highest BCUT2D eigenvalue weighted by Gasteiger charge is 2.12. The number of carbonyl (C=O) groups is 2. The molecule has 5 nitrogen and oxygen atoms in total. The molecule has 6 heteroatoms. The number of carbonyl (C=O) groups excluding carboxylic acids is 2. The van der Waals surface area contributed by atoms with E-state index in [0.717, 1.165) is 11.5 Å². The Morgan fingerprint density at radius 1 is 1.37 bits per heavy atom. The van der Waals surface area contributed by atoms with Crippen LogP contribution in [-0.2, 0) is 20.9 Å². The highest BCUT2D eigenvalue weighted by molar-refractivity contribution is 8.00. The fourth-order valence-corrected chi connectivity index (χ4v) is 2.17. The second kappa shape index (κ2) is 7.89. The maximum atomic E-state index is 11.8. The molecule has 1 heterocycles. The SMILES string of the molecule is CCOC(=O)CSCC(=O)N(C)Cc1ccc(C)o1. The Hall–Kier alpha value is -1.43. The molecular formula is C13H19NO4S. The van der Waals surface area contributed by atoms with E-state index < -0.39 is 0 Å². The van der Waals surface area contributed by atoms with Crippen molar-refractivity contribution in [2.45, 2.75) is 20.4 Å². The van der Waals surface area contributed by atoms with Gasteiger partial charge in [0.25, 0.3) is 0 Å². The molecule has 19 heavy (non-hydrogen) atoms. The minimum absolute atomic E-state index is 0.0386. The first-order valence-electron chi connectivity index (χ1n) is 6.05. The largest absolute Gasteiger partial charge is 0.465 e. The first-order chi connectivity index (χ1) is 9.02. The van der Waals surface area contributed by atoms with Crippen molar-refractivity contribution in [1.82, 2.24) is 4.90 Å². The summed E-state index contributed by atoms with van der Waals surface area (Å²) >= 11 is 1.26. The van der Waals surface area contributed by atoms with E-state index >= 15 is 0 Å². The number of amides is 1. The van der Waals surface area contributed by atoms with Gasteiger partial charge in [-0.1, -0.05) is 0 Å². The molecule has 1 rings (SSSR count).